The summed E-state index contributed by atoms with van der Waals surface area (Å²) in [5, 5.41) is 4.14. The standard InChI is InChI=1S/C18H16ClNO3/c1-12-14-8-5-9-15(19)17(14)23-16(12)18(21)20-10-11-22-13-6-3-2-4-7-13/h2-9H,10-11H2,1H3,(H,20,21). The van der Waals surface area contributed by atoms with Gasteiger partial charge in [-0.15, -0.1) is 0 Å². The molecular weight excluding hydrogens is 314 g/mol. The Bertz CT molecular complexity index is 827. The molecule has 3 aromatic rings. The van der Waals surface area contributed by atoms with Crippen LogP contribution < -0.4 is 10.1 Å². The highest BCUT2D eigenvalue weighted by Crippen LogP contribution is 2.30. The lowest BCUT2D eigenvalue weighted by Crippen LogP contribution is -2.28. The van der Waals surface area contributed by atoms with Crippen LogP contribution in [0, 0.1) is 6.92 Å². The van der Waals surface area contributed by atoms with Gasteiger partial charge >= 0.3 is 0 Å². The minimum atomic E-state index is -0.272. The van der Waals surface area contributed by atoms with Gasteiger partial charge in [-0.1, -0.05) is 41.9 Å². The monoisotopic (exact) mass is 329 g/mol. The number of hydrogen-bond acceptors (Lipinski definition) is 3. The second-order valence-electron chi connectivity index (χ2n) is 5.09. The second-order valence-corrected chi connectivity index (χ2v) is 5.50. The summed E-state index contributed by atoms with van der Waals surface area (Å²) in [5.41, 5.74) is 1.32. The molecule has 1 amide bonds. The number of fused-ring (bicyclic) bond motifs is 1. The molecule has 3 rings (SSSR count). The van der Waals surface area contributed by atoms with Crippen LogP contribution in [0.1, 0.15) is 16.1 Å². The van der Waals surface area contributed by atoms with Gasteiger partial charge in [0, 0.05) is 10.9 Å². The van der Waals surface area contributed by atoms with Crippen molar-refractivity contribution in [2.24, 2.45) is 0 Å². The van der Waals surface area contributed by atoms with E-state index < -0.39 is 0 Å². The molecule has 0 radical (unpaired) electrons. The molecule has 23 heavy (non-hydrogen) atoms. The van der Waals surface area contributed by atoms with Crippen molar-refractivity contribution in [1.82, 2.24) is 5.32 Å². The van der Waals surface area contributed by atoms with Crippen molar-refractivity contribution in [3.8, 4) is 5.75 Å². The van der Waals surface area contributed by atoms with Crippen molar-refractivity contribution in [1.29, 1.82) is 0 Å². The quantitative estimate of drug-likeness (QED) is 0.714. The van der Waals surface area contributed by atoms with Crippen LogP contribution in [0.5, 0.6) is 5.75 Å². The summed E-state index contributed by atoms with van der Waals surface area (Å²) < 4.78 is 11.2. The van der Waals surface area contributed by atoms with Gasteiger partial charge in [-0.25, -0.2) is 0 Å². The van der Waals surface area contributed by atoms with E-state index in [1.807, 2.05) is 49.4 Å². The number of furan rings is 1. The zero-order chi connectivity index (χ0) is 16.2. The zero-order valence-electron chi connectivity index (χ0n) is 12.6. The highest BCUT2D eigenvalue weighted by atomic mass is 35.5. The molecule has 0 saturated heterocycles. The first-order valence-electron chi connectivity index (χ1n) is 7.30. The molecule has 1 N–H and O–H groups in total. The summed E-state index contributed by atoms with van der Waals surface area (Å²) >= 11 is 6.10. The van der Waals surface area contributed by atoms with Crippen LogP contribution in [-0.4, -0.2) is 19.1 Å². The van der Waals surface area contributed by atoms with Gasteiger partial charge < -0.3 is 14.5 Å². The van der Waals surface area contributed by atoms with Crippen LogP contribution in [-0.2, 0) is 0 Å². The molecule has 1 heterocycles. The largest absolute Gasteiger partial charge is 0.492 e. The molecule has 0 unspecified atom stereocenters. The smallest absolute Gasteiger partial charge is 0.287 e. The van der Waals surface area contributed by atoms with E-state index in [4.69, 9.17) is 20.8 Å². The van der Waals surface area contributed by atoms with Gasteiger partial charge in [-0.3, -0.25) is 4.79 Å². The summed E-state index contributed by atoms with van der Waals surface area (Å²) in [6.45, 7) is 2.62. The predicted octanol–water partition coefficient (Wildman–Crippen LogP) is 4.20. The van der Waals surface area contributed by atoms with Crippen molar-refractivity contribution >= 4 is 28.5 Å². The normalized spacial score (nSPS) is 10.7. The maximum atomic E-state index is 12.3. The van der Waals surface area contributed by atoms with Crippen molar-refractivity contribution in [2.75, 3.05) is 13.2 Å². The molecule has 2 aromatic carbocycles. The molecular formula is C18H16ClNO3. The van der Waals surface area contributed by atoms with Crippen LogP contribution in [0.4, 0.5) is 0 Å². The summed E-state index contributed by atoms with van der Waals surface area (Å²) in [4.78, 5) is 12.3. The SMILES string of the molecule is Cc1c(C(=O)NCCOc2ccccc2)oc2c(Cl)cccc12. The molecule has 1 aromatic heterocycles. The third kappa shape index (κ3) is 3.32. The van der Waals surface area contributed by atoms with Gasteiger partial charge in [0.05, 0.1) is 11.6 Å². The summed E-state index contributed by atoms with van der Waals surface area (Å²) in [6, 6.07) is 14.9. The van der Waals surface area contributed by atoms with E-state index in [2.05, 4.69) is 5.32 Å². The third-order valence-corrected chi connectivity index (χ3v) is 3.82. The third-order valence-electron chi connectivity index (χ3n) is 3.52. The van der Waals surface area contributed by atoms with E-state index in [1.165, 1.54) is 0 Å². The van der Waals surface area contributed by atoms with Crippen LogP contribution in [0.2, 0.25) is 5.02 Å². The van der Waals surface area contributed by atoms with E-state index in [-0.39, 0.29) is 11.7 Å². The second kappa shape index (κ2) is 6.75. The highest BCUT2D eigenvalue weighted by Gasteiger charge is 2.18. The minimum Gasteiger partial charge on any atom is -0.492 e. The topological polar surface area (TPSA) is 51.5 Å². The van der Waals surface area contributed by atoms with Gasteiger partial charge in [0.1, 0.15) is 12.4 Å². The number of rotatable bonds is 5. The maximum Gasteiger partial charge on any atom is 0.287 e. The van der Waals surface area contributed by atoms with Crippen molar-refractivity contribution < 1.29 is 13.9 Å². The van der Waals surface area contributed by atoms with E-state index >= 15 is 0 Å². The lowest BCUT2D eigenvalue weighted by Gasteiger charge is -2.06. The maximum absolute atomic E-state index is 12.3. The molecule has 0 atom stereocenters. The number of carbonyl (C=O) groups excluding carboxylic acids is 1. The molecule has 5 heteroatoms. The molecule has 4 nitrogen and oxygen atoms in total. The molecule has 0 fully saturated rings. The molecule has 0 aliphatic rings. The first-order valence-corrected chi connectivity index (χ1v) is 7.68. The lowest BCUT2D eigenvalue weighted by molar-refractivity contribution is 0.0920. The van der Waals surface area contributed by atoms with Crippen molar-refractivity contribution in [3.63, 3.8) is 0 Å². The average molecular weight is 330 g/mol. The van der Waals surface area contributed by atoms with Crippen LogP contribution in [0.25, 0.3) is 11.0 Å². The fraction of sp³-hybridized carbons (Fsp3) is 0.167. The van der Waals surface area contributed by atoms with E-state index in [0.29, 0.717) is 23.8 Å². The number of benzene rings is 2. The fourth-order valence-electron chi connectivity index (χ4n) is 2.36. The van der Waals surface area contributed by atoms with E-state index in [1.54, 1.807) is 6.07 Å². The Labute approximate surface area is 139 Å². The van der Waals surface area contributed by atoms with Crippen molar-refractivity contribution in [3.05, 3.63) is 64.9 Å². The Balaban J connectivity index is 1.62. The Morgan fingerprint density at radius 1 is 1.17 bits per heavy atom. The zero-order valence-corrected chi connectivity index (χ0v) is 13.4. The van der Waals surface area contributed by atoms with E-state index in [9.17, 15) is 4.79 Å². The highest BCUT2D eigenvalue weighted by molar-refractivity contribution is 6.35. The summed E-state index contributed by atoms with van der Waals surface area (Å²) in [5.74, 6) is 0.785. The predicted molar refractivity (Wildman–Crippen MR) is 90.2 cm³/mol. The Kier molecular flexibility index (Phi) is 4.53. The van der Waals surface area contributed by atoms with Crippen LogP contribution in [0.3, 0.4) is 0 Å². The molecule has 118 valence electrons. The number of nitrogens with one attached hydrogen (secondary N) is 1. The lowest BCUT2D eigenvalue weighted by atomic mass is 10.1. The average Bonchev–Trinajstić information content (AvgIpc) is 2.91. The van der Waals surface area contributed by atoms with Crippen LogP contribution >= 0.6 is 11.6 Å². The summed E-state index contributed by atoms with van der Waals surface area (Å²) in [7, 11) is 0. The molecule has 0 spiro atoms. The Morgan fingerprint density at radius 2 is 1.96 bits per heavy atom. The van der Waals surface area contributed by atoms with E-state index in [0.717, 1.165) is 16.7 Å². The van der Waals surface area contributed by atoms with Gasteiger partial charge in [0.15, 0.2) is 11.3 Å². The number of hydrogen-bond donors (Lipinski definition) is 1. The first kappa shape index (κ1) is 15.4. The van der Waals surface area contributed by atoms with Gasteiger partial charge in [0.25, 0.3) is 5.91 Å². The molecule has 0 aliphatic carbocycles. The Morgan fingerprint density at radius 3 is 2.70 bits per heavy atom. The number of ether oxygens (including phenoxy) is 1. The van der Waals surface area contributed by atoms with Gasteiger partial charge in [0.2, 0.25) is 0 Å². The number of carbonyl (C=O) groups is 1. The number of amides is 1. The Hall–Kier alpha value is -2.46. The number of para-hydroxylation sites is 2. The molecule has 0 aliphatic heterocycles. The van der Waals surface area contributed by atoms with Crippen LogP contribution in [0.15, 0.2) is 52.9 Å². The number of aryl methyl sites for hydroxylation is 1. The van der Waals surface area contributed by atoms with Crippen molar-refractivity contribution in [2.45, 2.75) is 6.92 Å². The van der Waals surface area contributed by atoms with Gasteiger partial charge in [-0.2, -0.15) is 0 Å². The fourth-order valence-corrected chi connectivity index (χ4v) is 2.57. The number of halogens is 1. The first-order chi connectivity index (χ1) is 11.2. The molecule has 0 saturated carbocycles. The van der Waals surface area contributed by atoms with Gasteiger partial charge in [-0.05, 0) is 25.1 Å². The minimum absolute atomic E-state index is 0.272. The molecule has 0 bridgehead atoms. The summed E-state index contributed by atoms with van der Waals surface area (Å²) in [6.07, 6.45) is 0.